The van der Waals surface area contributed by atoms with Gasteiger partial charge in [0.15, 0.2) is 5.82 Å². The second-order valence-corrected chi connectivity index (χ2v) is 9.10. The first-order chi connectivity index (χ1) is 15.5. The molecule has 2 unspecified atom stereocenters. The van der Waals surface area contributed by atoms with Crippen LogP contribution in [0.25, 0.3) is 10.8 Å². The molecule has 0 radical (unpaired) electrons. The third-order valence-corrected chi connectivity index (χ3v) is 6.95. The standard InChI is InChI=1S/C25H29N7/c1-15-18(9-10-26)5-4-6-21(15)16(2)28-25-22-11-24(27-12-23(22)17(3)30-31-25)32-13-19-7-8-20(14-32)29-19/h4-6,11-12,16,19-20,29H,7-9,13-14H2,1-3H3,(H,28,31)/t16-,19?,20?/m1/s1. The third-order valence-electron chi connectivity index (χ3n) is 6.95. The highest BCUT2D eigenvalue weighted by atomic mass is 15.3. The summed E-state index contributed by atoms with van der Waals surface area (Å²) in [7, 11) is 0. The molecule has 2 N–H and O–H groups in total. The highest BCUT2D eigenvalue weighted by Crippen LogP contribution is 2.31. The summed E-state index contributed by atoms with van der Waals surface area (Å²) in [5, 5.41) is 27.4. The molecule has 2 aromatic heterocycles. The average Bonchev–Trinajstić information content (AvgIpc) is 3.14. The summed E-state index contributed by atoms with van der Waals surface area (Å²) in [4.78, 5) is 7.18. The van der Waals surface area contributed by atoms with Crippen molar-refractivity contribution in [2.24, 2.45) is 0 Å². The van der Waals surface area contributed by atoms with E-state index in [0.717, 1.165) is 52.3 Å². The first kappa shape index (κ1) is 20.7. The molecule has 0 aliphatic carbocycles. The fraction of sp³-hybridized carbons (Fsp3) is 0.440. The molecule has 0 spiro atoms. The number of fused-ring (bicyclic) bond motifs is 3. The van der Waals surface area contributed by atoms with E-state index in [9.17, 15) is 0 Å². The van der Waals surface area contributed by atoms with E-state index in [1.807, 2.05) is 25.3 Å². The Kier molecular flexibility index (Phi) is 5.40. The number of nitriles is 1. The number of aryl methyl sites for hydroxylation is 1. The van der Waals surface area contributed by atoms with Crippen LogP contribution >= 0.6 is 0 Å². The van der Waals surface area contributed by atoms with Gasteiger partial charge in [-0.3, -0.25) is 0 Å². The van der Waals surface area contributed by atoms with Gasteiger partial charge in [-0.2, -0.15) is 10.4 Å². The summed E-state index contributed by atoms with van der Waals surface area (Å²) in [5.41, 5.74) is 4.27. The van der Waals surface area contributed by atoms with E-state index >= 15 is 0 Å². The lowest BCUT2D eigenvalue weighted by Gasteiger charge is -2.33. The average molecular weight is 428 g/mol. The van der Waals surface area contributed by atoms with Crippen LogP contribution < -0.4 is 15.5 Å². The largest absolute Gasteiger partial charge is 0.362 e. The summed E-state index contributed by atoms with van der Waals surface area (Å²) in [5.74, 6) is 1.77. The normalized spacial score (nSPS) is 20.9. The molecule has 0 saturated carbocycles. The maximum atomic E-state index is 9.13. The Bertz CT molecular complexity index is 1190. The van der Waals surface area contributed by atoms with E-state index in [1.165, 1.54) is 18.4 Å². The van der Waals surface area contributed by atoms with Crippen molar-refractivity contribution in [2.75, 3.05) is 23.3 Å². The Morgan fingerprint density at radius 2 is 1.97 bits per heavy atom. The molecule has 2 saturated heterocycles. The summed E-state index contributed by atoms with van der Waals surface area (Å²) in [6.45, 7) is 8.18. The fourth-order valence-corrected chi connectivity index (χ4v) is 5.16. The predicted octanol–water partition coefficient (Wildman–Crippen LogP) is 3.82. The zero-order valence-electron chi connectivity index (χ0n) is 18.9. The molecule has 4 heterocycles. The van der Waals surface area contributed by atoms with Gasteiger partial charge >= 0.3 is 0 Å². The molecule has 2 aliphatic rings. The minimum atomic E-state index is 0.0282. The van der Waals surface area contributed by atoms with Crippen molar-refractivity contribution in [1.82, 2.24) is 20.5 Å². The number of piperazine rings is 1. The molecule has 7 heteroatoms. The van der Waals surface area contributed by atoms with Gasteiger partial charge in [-0.25, -0.2) is 4.98 Å². The predicted molar refractivity (Wildman–Crippen MR) is 127 cm³/mol. The van der Waals surface area contributed by atoms with E-state index in [4.69, 9.17) is 10.2 Å². The first-order valence-electron chi connectivity index (χ1n) is 11.4. The van der Waals surface area contributed by atoms with E-state index in [1.54, 1.807) is 0 Å². The summed E-state index contributed by atoms with van der Waals surface area (Å²) >= 11 is 0. The van der Waals surface area contributed by atoms with Gasteiger partial charge in [0, 0.05) is 42.1 Å². The Labute approximate surface area is 188 Å². The number of aromatic nitrogens is 3. The number of hydrogen-bond donors (Lipinski definition) is 2. The molecular formula is C25H29N7. The van der Waals surface area contributed by atoms with Gasteiger partial charge in [0.2, 0.25) is 0 Å². The van der Waals surface area contributed by atoms with Crippen LogP contribution in [0, 0.1) is 25.2 Å². The maximum Gasteiger partial charge on any atom is 0.157 e. The van der Waals surface area contributed by atoms with Crippen molar-refractivity contribution in [3.63, 3.8) is 0 Å². The van der Waals surface area contributed by atoms with Crippen molar-refractivity contribution in [1.29, 1.82) is 5.26 Å². The Balaban J connectivity index is 1.48. The Hall–Kier alpha value is -3.24. The Morgan fingerprint density at radius 3 is 2.72 bits per heavy atom. The van der Waals surface area contributed by atoms with E-state index in [2.05, 4.69) is 57.8 Å². The zero-order chi connectivity index (χ0) is 22.2. The molecule has 7 nitrogen and oxygen atoms in total. The highest BCUT2D eigenvalue weighted by molar-refractivity contribution is 5.94. The van der Waals surface area contributed by atoms with Gasteiger partial charge in [0.1, 0.15) is 5.82 Å². The second-order valence-electron chi connectivity index (χ2n) is 9.10. The van der Waals surface area contributed by atoms with Gasteiger partial charge < -0.3 is 15.5 Å². The van der Waals surface area contributed by atoms with Crippen molar-refractivity contribution < 1.29 is 0 Å². The van der Waals surface area contributed by atoms with Gasteiger partial charge in [-0.1, -0.05) is 18.2 Å². The molecule has 5 rings (SSSR count). The van der Waals surface area contributed by atoms with Crippen molar-refractivity contribution >= 4 is 22.4 Å². The quantitative estimate of drug-likeness (QED) is 0.640. The van der Waals surface area contributed by atoms with Crippen molar-refractivity contribution in [3.05, 3.63) is 52.8 Å². The number of nitrogens with one attached hydrogen (secondary N) is 2. The molecule has 3 atom stereocenters. The van der Waals surface area contributed by atoms with Crippen LogP contribution in [0.2, 0.25) is 0 Å². The van der Waals surface area contributed by atoms with Crippen molar-refractivity contribution in [2.45, 2.75) is 58.2 Å². The molecule has 3 aromatic rings. The third kappa shape index (κ3) is 3.76. The van der Waals surface area contributed by atoms with Gasteiger partial charge in [-0.15, -0.1) is 5.10 Å². The lowest BCUT2D eigenvalue weighted by molar-refractivity contribution is 0.463. The first-order valence-corrected chi connectivity index (χ1v) is 11.4. The lowest BCUT2D eigenvalue weighted by atomic mass is 9.96. The van der Waals surface area contributed by atoms with Crippen LogP contribution in [0.5, 0.6) is 0 Å². The fourth-order valence-electron chi connectivity index (χ4n) is 5.16. The van der Waals surface area contributed by atoms with Crippen molar-refractivity contribution in [3.8, 4) is 6.07 Å². The molecule has 164 valence electrons. The molecule has 1 aromatic carbocycles. The van der Waals surface area contributed by atoms with Gasteiger partial charge in [0.25, 0.3) is 0 Å². The van der Waals surface area contributed by atoms with Crippen LogP contribution in [0.3, 0.4) is 0 Å². The smallest absolute Gasteiger partial charge is 0.157 e. The second kappa shape index (κ2) is 8.36. The summed E-state index contributed by atoms with van der Waals surface area (Å²) in [6.07, 6.45) is 4.84. The minimum absolute atomic E-state index is 0.0282. The highest BCUT2D eigenvalue weighted by Gasteiger charge is 2.32. The SMILES string of the molecule is Cc1c(CC#N)cccc1[C@@H](C)Nc1nnc(C)c2cnc(N3CC4CCC(C3)N4)cc12. The number of nitrogens with zero attached hydrogens (tertiary/aromatic N) is 5. The monoisotopic (exact) mass is 427 g/mol. The maximum absolute atomic E-state index is 9.13. The van der Waals surface area contributed by atoms with Gasteiger partial charge in [0.05, 0.1) is 24.2 Å². The molecule has 32 heavy (non-hydrogen) atoms. The summed E-state index contributed by atoms with van der Waals surface area (Å²) < 4.78 is 0. The molecule has 2 bridgehead atoms. The number of hydrogen-bond acceptors (Lipinski definition) is 7. The zero-order valence-corrected chi connectivity index (χ0v) is 18.9. The molecule has 0 amide bonds. The van der Waals surface area contributed by atoms with Crippen LogP contribution in [-0.2, 0) is 6.42 Å². The van der Waals surface area contributed by atoms with E-state index < -0.39 is 0 Å². The summed E-state index contributed by atoms with van der Waals surface area (Å²) in [6, 6.07) is 11.7. The number of rotatable bonds is 5. The Morgan fingerprint density at radius 1 is 1.19 bits per heavy atom. The number of anilines is 2. The van der Waals surface area contributed by atoms with Crippen LogP contribution in [0.15, 0.2) is 30.5 Å². The topological polar surface area (TPSA) is 89.8 Å². The van der Waals surface area contributed by atoms with Gasteiger partial charge in [-0.05, 0) is 56.4 Å². The van der Waals surface area contributed by atoms with Crippen LogP contribution in [-0.4, -0.2) is 40.4 Å². The van der Waals surface area contributed by atoms with Crippen LogP contribution in [0.4, 0.5) is 11.6 Å². The molecule has 2 aliphatic heterocycles. The molecule has 2 fully saturated rings. The number of benzene rings is 1. The number of pyridine rings is 1. The minimum Gasteiger partial charge on any atom is -0.362 e. The molecular weight excluding hydrogens is 398 g/mol. The van der Waals surface area contributed by atoms with Crippen LogP contribution in [0.1, 0.15) is 48.2 Å². The lowest BCUT2D eigenvalue weighted by Crippen LogP contribution is -2.51. The van der Waals surface area contributed by atoms with E-state index in [-0.39, 0.29) is 6.04 Å². The van der Waals surface area contributed by atoms with E-state index in [0.29, 0.717) is 18.5 Å².